The van der Waals surface area contributed by atoms with Gasteiger partial charge in [0.25, 0.3) is 5.91 Å². The van der Waals surface area contributed by atoms with Crippen molar-refractivity contribution in [1.29, 1.82) is 0 Å². The van der Waals surface area contributed by atoms with Crippen molar-refractivity contribution in [3.05, 3.63) is 71.5 Å². The zero-order chi connectivity index (χ0) is 19.8. The largest absolute Gasteiger partial charge is 0.503 e. The lowest BCUT2D eigenvalue weighted by Crippen LogP contribution is -2.33. The molecular weight excluding hydrogens is 356 g/mol. The van der Waals surface area contributed by atoms with E-state index < -0.39 is 17.7 Å². The second-order valence-electron chi connectivity index (χ2n) is 7.31. The maximum Gasteiger partial charge on any atom is 0.290 e. The average molecular weight is 378 g/mol. The number of fused-ring (bicyclic) bond motifs is 1. The Morgan fingerprint density at radius 1 is 1.25 bits per heavy atom. The van der Waals surface area contributed by atoms with Gasteiger partial charge >= 0.3 is 0 Å². The number of furan rings is 1. The monoisotopic (exact) mass is 378 g/mol. The van der Waals surface area contributed by atoms with Crippen molar-refractivity contribution in [2.75, 3.05) is 6.54 Å². The number of rotatable bonds is 6. The number of aromatic nitrogens is 1. The lowest BCUT2D eigenvalue weighted by Gasteiger charge is -2.25. The Hall–Kier alpha value is -3.28. The third kappa shape index (κ3) is 2.91. The molecule has 0 aliphatic carbocycles. The maximum absolute atomic E-state index is 12.8. The van der Waals surface area contributed by atoms with E-state index in [4.69, 9.17) is 4.42 Å². The third-order valence-corrected chi connectivity index (χ3v) is 5.20. The van der Waals surface area contributed by atoms with Gasteiger partial charge in [-0.15, -0.1) is 0 Å². The Bertz CT molecular complexity index is 1060. The van der Waals surface area contributed by atoms with Gasteiger partial charge in [0.2, 0.25) is 0 Å². The Kier molecular flexibility index (Phi) is 4.55. The number of hydrogen-bond acceptors (Lipinski definition) is 4. The molecule has 0 bridgehead atoms. The first kappa shape index (κ1) is 18.1. The van der Waals surface area contributed by atoms with Crippen LogP contribution in [-0.4, -0.2) is 33.2 Å². The quantitative estimate of drug-likeness (QED) is 0.681. The predicted molar refractivity (Wildman–Crippen MR) is 105 cm³/mol. The molecule has 0 spiro atoms. The summed E-state index contributed by atoms with van der Waals surface area (Å²) >= 11 is 0. The van der Waals surface area contributed by atoms with Crippen LogP contribution >= 0.6 is 0 Å². The van der Waals surface area contributed by atoms with Crippen LogP contribution in [-0.2, 0) is 16.0 Å². The van der Waals surface area contributed by atoms with E-state index in [0.717, 1.165) is 16.5 Å². The van der Waals surface area contributed by atoms with E-state index in [-0.39, 0.29) is 17.3 Å². The van der Waals surface area contributed by atoms with Gasteiger partial charge in [0, 0.05) is 29.6 Å². The first-order valence-electron chi connectivity index (χ1n) is 9.35. The number of Topliss-reactive ketones (excluding diaryl/α,β-unsaturated/α-hetero) is 1. The third-order valence-electron chi connectivity index (χ3n) is 5.20. The average Bonchev–Trinajstić information content (AvgIpc) is 3.40. The first-order chi connectivity index (χ1) is 13.5. The van der Waals surface area contributed by atoms with Crippen LogP contribution in [0.4, 0.5) is 0 Å². The molecule has 2 aromatic heterocycles. The fraction of sp³-hybridized carbons (Fsp3) is 0.273. The van der Waals surface area contributed by atoms with Gasteiger partial charge in [-0.2, -0.15) is 0 Å². The predicted octanol–water partition coefficient (Wildman–Crippen LogP) is 3.92. The molecule has 0 saturated carbocycles. The Morgan fingerprint density at radius 2 is 2.04 bits per heavy atom. The first-order valence-corrected chi connectivity index (χ1v) is 9.35. The van der Waals surface area contributed by atoms with E-state index in [1.807, 2.05) is 30.5 Å². The molecule has 144 valence electrons. The summed E-state index contributed by atoms with van der Waals surface area (Å²) in [7, 11) is 0. The molecule has 6 nitrogen and oxygen atoms in total. The number of aliphatic hydroxyl groups is 1. The van der Waals surface area contributed by atoms with Gasteiger partial charge in [-0.1, -0.05) is 32.0 Å². The minimum Gasteiger partial charge on any atom is -0.503 e. The highest BCUT2D eigenvalue weighted by Crippen LogP contribution is 2.39. The Balaban J connectivity index is 1.66. The fourth-order valence-electron chi connectivity index (χ4n) is 3.77. The van der Waals surface area contributed by atoms with Crippen LogP contribution in [0.1, 0.15) is 31.2 Å². The van der Waals surface area contributed by atoms with E-state index in [2.05, 4.69) is 4.98 Å². The highest BCUT2D eigenvalue weighted by atomic mass is 16.3. The summed E-state index contributed by atoms with van der Waals surface area (Å²) in [6.07, 6.45) is 4.02. The van der Waals surface area contributed by atoms with Crippen LogP contribution in [0.2, 0.25) is 0 Å². The molecule has 1 amide bonds. The van der Waals surface area contributed by atoms with Crippen LogP contribution in [0.25, 0.3) is 10.9 Å². The molecule has 0 saturated heterocycles. The highest BCUT2D eigenvalue weighted by molar-refractivity contribution is 6.09. The number of aromatic amines is 1. The van der Waals surface area contributed by atoms with Crippen molar-refractivity contribution in [2.45, 2.75) is 26.3 Å². The molecule has 3 heterocycles. The number of amides is 1. The number of ketones is 1. The van der Waals surface area contributed by atoms with Gasteiger partial charge in [0.1, 0.15) is 11.8 Å². The lowest BCUT2D eigenvalue weighted by atomic mass is 9.94. The van der Waals surface area contributed by atoms with Crippen LogP contribution in [0.3, 0.4) is 0 Å². The molecule has 6 heteroatoms. The molecule has 1 atom stereocenters. The van der Waals surface area contributed by atoms with Crippen molar-refractivity contribution >= 4 is 22.6 Å². The van der Waals surface area contributed by atoms with Crippen LogP contribution in [0, 0.1) is 5.92 Å². The van der Waals surface area contributed by atoms with E-state index in [1.165, 1.54) is 11.2 Å². The molecule has 1 aliphatic rings. The molecule has 3 aromatic rings. The number of benzene rings is 1. The van der Waals surface area contributed by atoms with E-state index in [1.54, 1.807) is 26.0 Å². The van der Waals surface area contributed by atoms with Crippen LogP contribution in [0.5, 0.6) is 0 Å². The van der Waals surface area contributed by atoms with Crippen molar-refractivity contribution < 1.29 is 19.1 Å². The minimum atomic E-state index is -0.706. The van der Waals surface area contributed by atoms with Crippen LogP contribution in [0.15, 0.2) is 64.6 Å². The number of carbonyl (C=O) groups excluding carboxylic acids is 2. The normalized spacial score (nSPS) is 17.3. The van der Waals surface area contributed by atoms with E-state index in [0.29, 0.717) is 18.7 Å². The molecule has 1 unspecified atom stereocenters. The minimum absolute atomic E-state index is 0.119. The number of para-hydroxylation sites is 1. The summed E-state index contributed by atoms with van der Waals surface area (Å²) in [6.45, 7) is 3.85. The number of H-pyrrole nitrogens is 1. The number of carbonyl (C=O) groups is 2. The number of hydrogen-bond donors (Lipinski definition) is 2. The summed E-state index contributed by atoms with van der Waals surface area (Å²) in [5, 5.41) is 11.6. The van der Waals surface area contributed by atoms with Crippen LogP contribution < -0.4 is 0 Å². The van der Waals surface area contributed by atoms with Gasteiger partial charge in [-0.05, 0) is 30.2 Å². The summed E-state index contributed by atoms with van der Waals surface area (Å²) in [4.78, 5) is 30.3. The topological polar surface area (TPSA) is 86.5 Å². The molecule has 1 aromatic carbocycles. The highest BCUT2D eigenvalue weighted by Gasteiger charge is 2.45. The van der Waals surface area contributed by atoms with E-state index >= 15 is 0 Å². The van der Waals surface area contributed by atoms with E-state index in [9.17, 15) is 14.7 Å². The van der Waals surface area contributed by atoms with Crippen molar-refractivity contribution in [3.8, 4) is 0 Å². The molecular formula is C22H22N2O4. The zero-order valence-corrected chi connectivity index (χ0v) is 15.8. The number of nitrogens with one attached hydrogen (secondary N) is 1. The molecule has 0 fully saturated rings. The summed E-state index contributed by atoms with van der Waals surface area (Å²) < 4.78 is 5.51. The van der Waals surface area contributed by atoms with Gasteiger partial charge in [-0.25, -0.2) is 0 Å². The van der Waals surface area contributed by atoms with Crippen molar-refractivity contribution in [1.82, 2.24) is 9.88 Å². The number of nitrogens with zero attached hydrogens (tertiary/aromatic N) is 1. The van der Waals surface area contributed by atoms with Gasteiger partial charge < -0.3 is 19.4 Å². The smallest absolute Gasteiger partial charge is 0.290 e. The Morgan fingerprint density at radius 3 is 2.75 bits per heavy atom. The second kappa shape index (κ2) is 7.03. The molecule has 28 heavy (non-hydrogen) atoms. The SMILES string of the molecule is CC(C)C(=O)C1=C(O)C(=O)N(CCc2c[nH]c3ccccc23)C1c1ccco1. The standard InChI is InChI=1S/C22H22N2O4/c1-13(2)20(25)18-19(17-8-5-11-28-17)24(22(27)21(18)26)10-9-14-12-23-16-7-4-3-6-15(14)16/h3-8,11-13,19,23,26H,9-10H2,1-2H3. The van der Waals surface area contributed by atoms with Gasteiger partial charge in [-0.3, -0.25) is 9.59 Å². The molecule has 4 rings (SSSR count). The lowest BCUT2D eigenvalue weighted by molar-refractivity contribution is -0.129. The molecule has 0 radical (unpaired) electrons. The second-order valence-corrected chi connectivity index (χ2v) is 7.31. The molecule has 2 N–H and O–H groups in total. The van der Waals surface area contributed by atoms with Crippen molar-refractivity contribution in [2.24, 2.45) is 5.92 Å². The molecule has 1 aliphatic heterocycles. The van der Waals surface area contributed by atoms with Gasteiger partial charge in [0.05, 0.1) is 11.8 Å². The number of aliphatic hydroxyl groups excluding tert-OH is 1. The zero-order valence-electron chi connectivity index (χ0n) is 15.8. The van der Waals surface area contributed by atoms with Gasteiger partial charge in [0.15, 0.2) is 11.5 Å². The van der Waals surface area contributed by atoms with Crippen molar-refractivity contribution in [3.63, 3.8) is 0 Å². The Labute approximate surface area is 162 Å². The summed E-state index contributed by atoms with van der Waals surface area (Å²) in [6, 6.07) is 10.7. The summed E-state index contributed by atoms with van der Waals surface area (Å²) in [5.74, 6) is -1.12. The fourth-order valence-corrected chi connectivity index (χ4v) is 3.77. The maximum atomic E-state index is 12.8. The summed E-state index contributed by atoms with van der Waals surface area (Å²) in [5.41, 5.74) is 2.23.